The van der Waals surface area contributed by atoms with Crippen molar-refractivity contribution in [2.75, 3.05) is 19.9 Å². The van der Waals surface area contributed by atoms with Gasteiger partial charge in [0.15, 0.2) is 5.82 Å². The van der Waals surface area contributed by atoms with E-state index in [0.29, 0.717) is 12.4 Å². The van der Waals surface area contributed by atoms with Crippen molar-refractivity contribution >= 4 is 27.8 Å². The number of rotatable bonds is 3. The molecule has 0 saturated heterocycles. The Bertz CT molecular complexity index is 884. The van der Waals surface area contributed by atoms with E-state index in [1.807, 2.05) is 31.2 Å². The summed E-state index contributed by atoms with van der Waals surface area (Å²) < 4.78 is 2.09. The lowest BCUT2D eigenvalue weighted by Gasteiger charge is -2.37. The first-order chi connectivity index (χ1) is 12.0. The van der Waals surface area contributed by atoms with Crippen LogP contribution in [0.15, 0.2) is 24.3 Å². The highest BCUT2D eigenvalue weighted by Crippen LogP contribution is 2.36. The van der Waals surface area contributed by atoms with Crippen LogP contribution in [0.4, 0.5) is 5.82 Å². The average Bonchev–Trinajstić information content (AvgIpc) is 2.91. The van der Waals surface area contributed by atoms with Crippen molar-refractivity contribution in [3.8, 4) is 0 Å². The molecule has 0 atom stereocenters. The zero-order chi connectivity index (χ0) is 18.0. The number of nitrogens with two attached hydrogens (primary N) is 1. The Morgan fingerprint density at radius 2 is 2.00 bits per heavy atom. The van der Waals surface area contributed by atoms with E-state index in [0.717, 1.165) is 47.0 Å². The van der Waals surface area contributed by atoms with Crippen molar-refractivity contribution < 1.29 is 9.94 Å². The lowest BCUT2D eigenvalue weighted by molar-refractivity contribution is -0.0468. The molecule has 1 saturated carbocycles. The van der Waals surface area contributed by atoms with E-state index in [-0.39, 0.29) is 0 Å². The summed E-state index contributed by atoms with van der Waals surface area (Å²) in [6.07, 6.45) is 2.79. The SMILES string of the molecule is CNOC.Cc1nc2c(N)nc3ccccc3c2n1CC1(O)CCC1. The molecule has 2 aromatic heterocycles. The van der Waals surface area contributed by atoms with Crippen LogP contribution in [-0.4, -0.2) is 39.4 Å². The fourth-order valence-electron chi connectivity index (χ4n) is 3.20. The minimum Gasteiger partial charge on any atom is -0.388 e. The highest BCUT2D eigenvalue weighted by molar-refractivity contribution is 6.06. The summed E-state index contributed by atoms with van der Waals surface area (Å²) in [5.41, 5.74) is 10.5. The van der Waals surface area contributed by atoms with E-state index >= 15 is 0 Å². The predicted molar refractivity (Wildman–Crippen MR) is 99.1 cm³/mol. The van der Waals surface area contributed by atoms with Crippen LogP contribution < -0.4 is 11.2 Å². The minimum atomic E-state index is -0.600. The van der Waals surface area contributed by atoms with Gasteiger partial charge in [0.2, 0.25) is 0 Å². The number of pyridine rings is 1. The smallest absolute Gasteiger partial charge is 0.152 e. The molecule has 0 unspecified atom stereocenters. The summed E-state index contributed by atoms with van der Waals surface area (Å²) >= 11 is 0. The predicted octanol–water partition coefficient (Wildman–Crippen LogP) is 2.16. The summed E-state index contributed by atoms with van der Waals surface area (Å²) in [5, 5.41) is 11.5. The van der Waals surface area contributed by atoms with Gasteiger partial charge in [-0.25, -0.2) is 15.4 Å². The standard InChI is InChI=1S/C16H18N4O.C2H7NO/c1-10-18-13-14(20(10)9-16(21)7-4-8-16)11-5-2-3-6-12(11)19-15(13)17;1-3-4-2/h2-3,5-6,21H,4,7-9H2,1H3,(H2,17,19);3H,1-2H3. The minimum absolute atomic E-state index is 0.450. The van der Waals surface area contributed by atoms with Gasteiger partial charge in [-0.1, -0.05) is 18.2 Å². The maximum atomic E-state index is 10.5. The normalized spacial score (nSPS) is 15.7. The van der Waals surface area contributed by atoms with Gasteiger partial charge in [0.05, 0.1) is 30.3 Å². The molecule has 0 aliphatic heterocycles. The molecule has 4 rings (SSSR count). The number of aryl methyl sites for hydroxylation is 1. The molecule has 0 radical (unpaired) electrons. The van der Waals surface area contributed by atoms with E-state index in [9.17, 15) is 5.11 Å². The molecule has 1 aromatic carbocycles. The number of fused-ring (bicyclic) bond motifs is 3. The molecule has 4 N–H and O–H groups in total. The van der Waals surface area contributed by atoms with Crippen LogP contribution in [0.5, 0.6) is 0 Å². The van der Waals surface area contributed by atoms with Crippen molar-refractivity contribution in [2.45, 2.75) is 38.3 Å². The summed E-state index contributed by atoms with van der Waals surface area (Å²) in [6, 6.07) is 7.93. The number of nitrogen functional groups attached to an aromatic ring is 1. The lowest BCUT2D eigenvalue weighted by Crippen LogP contribution is -2.41. The summed E-state index contributed by atoms with van der Waals surface area (Å²) in [6.45, 7) is 2.53. The molecule has 0 bridgehead atoms. The van der Waals surface area contributed by atoms with Gasteiger partial charge in [0.25, 0.3) is 0 Å². The molecule has 3 aromatic rings. The van der Waals surface area contributed by atoms with E-state index in [1.165, 1.54) is 0 Å². The fraction of sp³-hybridized carbons (Fsp3) is 0.444. The number of para-hydroxylation sites is 1. The quantitative estimate of drug-likeness (QED) is 0.630. The highest BCUT2D eigenvalue weighted by atomic mass is 16.6. The van der Waals surface area contributed by atoms with Crippen LogP contribution in [0.2, 0.25) is 0 Å². The second-order valence-corrected chi connectivity index (χ2v) is 6.44. The van der Waals surface area contributed by atoms with Gasteiger partial charge in [-0.05, 0) is 32.3 Å². The molecule has 7 heteroatoms. The Morgan fingerprint density at radius 1 is 1.32 bits per heavy atom. The van der Waals surface area contributed by atoms with Gasteiger partial charge < -0.3 is 20.2 Å². The van der Waals surface area contributed by atoms with Gasteiger partial charge in [-0.3, -0.25) is 0 Å². The van der Waals surface area contributed by atoms with Crippen LogP contribution in [0.1, 0.15) is 25.1 Å². The monoisotopic (exact) mass is 343 g/mol. The lowest BCUT2D eigenvalue weighted by atomic mass is 9.80. The average molecular weight is 343 g/mol. The molecule has 0 spiro atoms. The van der Waals surface area contributed by atoms with E-state index < -0.39 is 5.60 Å². The number of aliphatic hydroxyl groups is 1. The summed E-state index contributed by atoms with van der Waals surface area (Å²) in [5.74, 6) is 1.32. The third-order valence-electron chi connectivity index (χ3n) is 4.74. The third-order valence-corrected chi connectivity index (χ3v) is 4.74. The Morgan fingerprint density at radius 3 is 2.60 bits per heavy atom. The van der Waals surface area contributed by atoms with Gasteiger partial charge in [-0.2, -0.15) is 0 Å². The molecule has 7 nitrogen and oxygen atoms in total. The summed E-state index contributed by atoms with van der Waals surface area (Å²) in [7, 11) is 3.28. The number of imidazole rings is 1. The topological polar surface area (TPSA) is 98.2 Å². The Hall–Kier alpha value is -2.22. The molecular formula is C18H25N5O2. The molecular weight excluding hydrogens is 318 g/mol. The zero-order valence-electron chi connectivity index (χ0n) is 14.9. The number of anilines is 1. The molecule has 1 fully saturated rings. The fourth-order valence-corrected chi connectivity index (χ4v) is 3.20. The van der Waals surface area contributed by atoms with E-state index in [2.05, 4.69) is 24.9 Å². The number of nitrogens with one attached hydrogen (secondary N) is 1. The first-order valence-corrected chi connectivity index (χ1v) is 8.42. The Kier molecular flexibility index (Phi) is 4.89. The number of benzene rings is 1. The maximum Gasteiger partial charge on any atom is 0.152 e. The number of aromatic nitrogens is 3. The first kappa shape index (κ1) is 17.6. The zero-order valence-corrected chi connectivity index (χ0v) is 14.9. The van der Waals surface area contributed by atoms with Crippen molar-refractivity contribution in [1.29, 1.82) is 0 Å². The number of hydrogen-bond donors (Lipinski definition) is 3. The Labute approximate surface area is 146 Å². The van der Waals surface area contributed by atoms with Gasteiger partial charge in [0, 0.05) is 12.4 Å². The first-order valence-electron chi connectivity index (χ1n) is 8.42. The van der Waals surface area contributed by atoms with Crippen molar-refractivity contribution in [2.24, 2.45) is 0 Å². The molecule has 1 aliphatic rings. The second kappa shape index (κ2) is 6.95. The molecule has 134 valence electrons. The van der Waals surface area contributed by atoms with Crippen LogP contribution in [-0.2, 0) is 11.4 Å². The third kappa shape index (κ3) is 3.30. The molecule has 0 amide bonds. The number of hydrogen-bond acceptors (Lipinski definition) is 6. The van der Waals surface area contributed by atoms with Crippen LogP contribution in [0, 0.1) is 6.92 Å². The van der Waals surface area contributed by atoms with Crippen molar-refractivity contribution in [1.82, 2.24) is 20.0 Å². The maximum absolute atomic E-state index is 10.5. The van der Waals surface area contributed by atoms with Crippen LogP contribution >= 0.6 is 0 Å². The Balaban J connectivity index is 0.000000415. The van der Waals surface area contributed by atoms with Crippen molar-refractivity contribution in [3.63, 3.8) is 0 Å². The van der Waals surface area contributed by atoms with Gasteiger partial charge in [0.1, 0.15) is 11.3 Å². The molecule has 2 heterocycles. The summed E-state index contributed by atoms with van der Waals surface area (Å²) in [4.78, 5) is 13.3. The van der Waals surface area contributed by atoms with E-state index in [4.69, 9.17) is 5.73 Å². The number of nitrogens with zero attached hydrogens (tertiary/aromatic N) is 3. The second-order valence-electron chi connectivity index (χ2n) is 6.44. The molecule has 1 aliphatic carbocycles. The largest absolute Gasteiger partial charge is 0.388 e. The van der Waals surface area contributed by atoms with Crippen LogP contribution in [0.25, 0.3) is 21.9 Å². The molecule has 25 heavy (non-hydrogen) atoms. The highest BCUT2D eigenvalue weighted by Gasteiger charge is 2.35. The van der Waals surface area contributed by atoms with Crippen LogP contribution in [0.3, 0.4) is 0 Å². The van der Waals surface area contributed by atoms with E-state index in [1.54, 1.807) is 14.2 Å². The number of hydroxylamine groups is 1. The van der Waals surface area contributed by atoms with Gasteiger partial charge in [-0.15, -0.1) is 0 Å². The van der Waals surface area contributed by atoms with Gasteiger partial charge >= 0.3 is 0 Å². The van der Waals surface area contributed by atoms with Crippen molar-refractivity contribution in [3.05, 3.63) is 30.1 Å².